The maximum Gasteiger partial charge on any atom is 0.192 e. The lowest BCUT2D eigenvalue weighted by atomic mass is 10.5. The van der Waals surface area contributed by atoms with Crippen LogP contribution in [0.1, 0.15) is 13.3 Å². The van der Waals surface area contributed by atoms with Gasteiger partial charge in [-0.2, -0.15) is 0 Å². The Bertz CT molecular complexity index is 115. The van der Waals surface area contributed by atoms with Crippen molar-refractivity contribution in [1.29, 1.82) is 0 Å². The SMILES string of the molecule is CC/C=C\NC(N)=NC. The molecule has 0 radical (unpaired) electrons. The van der Waals surface area contributed by atoms with Crippen molar-refractivity contribution < 1.29 is 0 Å². The number of rotatable bonds is 2. The molecular formula is C6H13N3. The van der Waals surface area contributed by atoms with Crippen LogP contribution in [0.4, 0.5) is 0 Å². The van der Waals surface area contributed by atoms with Crippen molar-refractivity contribution >= 4 is 5.96 Å². The highest BCUT2D eigenvalue weighted by Gasteiger charge is 1.77. The number of allylic oxidation sites excluding steroid dienone is 1. The van der Waals surface area contributed by atoms with Gasteiger partial charge in [-0.15, -0.1) is 0 Å². The summed E-state index contributed by atoms with van der Waals surface area (Å²) in [5.74, 6) is 0.444. The van der Waals surface area contributed by atoms with Crippen molar-refractivity contribution in [3.63, 3.8) is 0 Å². The molecule has 0 aromatic heterocycles. The first kappa shape index (κ1) is 8.01. The zero-order valence-electron chi connectivity index (χ0n) is 5.89. The van der Waals surface area contributed by atoms with Gasteiger partial charge in [-0.05, 0) is 12.6 Å². The van der Waals surface area contributed by atoms with E-state index >= 15 is 0 Å². The predicted octanol–water partition coefficient (Wildman–Crippen LogP) is 0.444. The molecular weight excluding hydrogens is 114 g/mol. The maximum absolute atomic E-state index is 5.30. The van der Waals surface area contributed by atoms with E-state index in [1.165, 1.54) is 0 Å². The molecule has 3 heteroatoms. The van der Waals surface area contributed by atoms with E-state index in [1.807, 2.05) is 6.08 Å². The van der Waals surface area contributed by atoms with Gasteiger partial charge in [0, 0.05) is 7.05 Å². The van der Waals surface area contributed by atoms with Gasteiger partial charge in [-0.3, -0.25) is 4.99 Å². The third-order valence-corrected chi connectivity index (χ3v) is 0.826. The molecule has 0 spiro atoms. The van der Waals surface area contributed by atoms with Gasteiger partial charge in [0.25, 0.3) is 0 Å². The Kier molecular flexibility index (Phi) is 4.59. The molecule has 9 heavy (non-hydrogen) atoms. The number of aliphatic imine (C=N–C) groups is 1. The number of hydrogen-bond donors (Lipinski definition) is 2. The van der Waals surface area contributed by atoms with Gasteiger partial charge in [-0.1, -0.05) is 13.0 Å². The molecule has 0 aromatic carbocycles. The first-order valence-electron chi connectivity index (χ1n) is 2.95. The quantitative estimate of drug-likeness (QED) is 0.418. The lowest BCUT2D eigenvalue weighted by Crippen LogP contribution is -2.26. The Morgan fingerprint density at radius 1 is 1.78 bits per heavy atom. The van der Waals surface area contributed by atoms with Gasteiger partial charge in [0.1, 0.15) is 0 Å². The molecule has 3 N–H and O–H groups in total. The van der Waals surface area contributed by atoms with E-state index in [2.05, 4.69) is 17.2 Å². The predicted molar refractivity (Wildman–Crippen MR) is 40.1 cm³/mol. The van der Waals surface area contributed by atoms with Crippen LogP contribution in [0.25, 0.3) is 0 Å². The molecule has 0 bridgehead atoms. The highest BCUT2D eigenvalue weighted by molar-refractivity contribution is 5.78. The van der Waals surface area contributed by atoms with Gasteiger partial charge in [-0.25, -0.2) is 0 Å². The summed E-state index contributed by atoms with van der Waals surface area (Å²) in [5, 5.41) is 2.78. The van der Waals surface area contributed by atoms with Crippen molar-refractivity contribution in [3.8, 4) is 0 Å². The minimum Gasteiger partial charge on any atom is -0.370 e. The molecule has 0 heterocycles. The number of hydrogen-bond acceptors (Lipinski definition) is 1. The zero-order chi connectivity index (χ0) is 7.11. The Morgan fingerprint density at radius 3 is 2.89 bits per heavy atom. The Labute approximate surface area is 55.7 Å². The first-order valence-corrected chi connectivity index (χ1v) is 2.95. The van der Waals surface area contributed by atoms with Crippen molar-refractivity contribution in [2.24, 2.45) is 10.7 Å². The zero-order valence-corrected chi connectivity index (χ0v) is 5.89. The molecule has 0 amide bonds. The largest absolute Gasteiger partial charge is 0.370 e. The van der Waals surface area contributed by atoms with E-state index in [1.54, 1.807) is 13.2 Å². The van der Waals surface area contributed by atoms with Gasteiger partial charge in [0.2, 0.25) is 0 Å². The average Bonchev–Trinajstić information content (AvgIpc) is 1.89. The van der Waals surface area contributed by atoms with Crippen LogP contribution in [0, 0.1) is 0 Å². The van der Waals surface area contributed by atoms with Crippen molar-refractivity contribution in [2.75, 3.05) is 7.05 Å². The third kappa shape index (κ3) is 4.87. The second-order valence-electron chi connectivity index (χ2n) is 1.56. The summed E-state index contributed by atoms with van der Waals surface area (Å²) in [5.41, 5.74) is 5.30. The van der Waals surface area contributed by atoms with Crippen LogP contribution < -0.4 is 11.1 Å². The molecule has 0 aliphatic heterocycles. The fraction of sp³-hybridized carbons (Fsp3) is 0.500. The number of nitrogens with zero attached hydrogens (tertiary/aromatic N) is 1. The average molecular weight is 127 g/mol. The van der Waals surface area contributed by atoms with E-state index in [4.69, 9.17) is 5.73 Å². The summed E-state index contributed by atoms with van der Waals surface area (Å²) in [7, 11) is 1.64. The lowest BCUT2D eigenvalue weighted by Gasteiger charge is -1.94. The first-order chi connectivity index (χ1) is 4.31. The minimum absolute atomic E-state index is 0.444. The molecule has 0 atom stereocenters. The summed E-state index contributed by atoms with van der Waals surface area (Å²) in [4.78, 5) is 3.69. The maximum atomic E-state index is 5.30. The molecule has 0 fully saturated rings. The van der Waals surface area contributed by atoms with Crippen molar-refractivity contribution in [3.05, 3.63) is 12.3 Å². The molecule has 0 rings (SSSR count). The molecule has 0 aromatic rings. The molecule has 3 nitrogen and oxygen atoms in total. The van der Waals surface area contributed by atoms with E-state index in [9.17, 15) is 0 Å². The van der Waals surface area contributed by atoms with E-state index < -0.39 is 0 Å². The van der Waals surface area contributed by atoms with E-state index in [-0.39, 0.29) is 0 Å². The second-order valence-corrected chi connectivity index (χ2v) is 1.56. The Balaban J connectivity index is 3.38. The Hall–Kier alpha value is -0.990. The smallest absolute Gasteiger partial charge is 0.192 e. The van der Waals surface area contributed by atoms with Crippen LogP contribution in [-0.4, -0.2) is 13.0 Å². The monoisotopic (exact) mass is 127 g/mol. The standard InChI is InChI=1S/C6H13N3/c1-3-4-5-9-6(7)8-2/h4-5H,3H2,1-2H3,(H3,7,8,9)/b5-4-. The number of guanidine groups is 1. The summed E-state index contributed by atoms with van der Waals surface area (Å²) in [6.07, 6.45) is 4.75. The highest BCUT2D eigenvalue weighted by Crippen LogP contribution is 1.73. The third-order valence-electron chi connectivity index (χ3n) is 0.826. The van der Waals surface area contributed by atoms with Crippen LogP contribution in [0.3, 0.4) is 0 Å². The molecule has 0 aliphatic carbocycles. The molecule has 0 saturated heterocycles. The van der Waals surface area contributed by atoms with Gasteiger partial charge in [0.15, 0.2) is 5.96 Å². The van der Waals surface area contributed by atoms with Crippen LogP contribution in [0.2, 0.25) is 0 Å². The summed E-state index contributed by atoms with van der Waals surface area (Å²) >= 11 is 0. The van der Waals surface area contributed by atoms with Crippen LogP contribution >= 0.6 is 0 Å². The number of nitrogens with one attached hydrogen (secondary N) is 1. The van der Waals surface area contributed by atoms with Gasteiger partial charge >= 0.3 is 0 Å². The number of nitrogens with two attached hydrogens (primary N) is 1. The molecule has 0 saturated carbocycles. The minimum atomic E-state index is 0.444. The summed E-state index contributed by atoms with van der Waals surface area (Å²) < 4.78 is 0. The molecule has 52 valence electrons. The van der Waals surface area contributed by atoms with Crippen LogP contribution in [-0.2, 0) is 0 Å². The topological polar surface area (TPSA) is 50.4 Å². The highest BCUT2D eigenvalue weighted by atomic mass is 15.1. The van der Waals surface area contributed by atoms with Crippen molar-refractivity contribution in [1.82, 2.24) is 5.32 Å². The molecule has 0 unspecified atom stereocenters. The van der Waals surface area contributed by atoms with Crippen LogP contribution in [0.5, 0.6) is 0 Å². The Morgan fingerprint density at radius 2 is 2.44 bits per heavy atom. The fourth-order valence-electron chi connectivity index (χ4n) is 0.327. The van der Waals surface area contributed by atoms with Gasteiger partial charge in [0.05, 0.1) is 0 Å². The normalized spacial score (nSPS) is 12.4. The lowest BCUT2D eigenvalue weighted by molar-refractivity contribution is 1.14. The summed E-state index contributed by atoms with van der Waals surface area (Å²) in [6.45, 7) is 2.05. The second kappa shape index (κ2) is 5.15. The van der Waals surface area contributed by atoms with E-state index in [0.29, 0.717) is 5.96 Å². The molecule has 0 aliphatic rings. The van der Waals surface area contributed by atoms with E-state index in [0.717, 1.165) is 6.42 Å². The summed E-state index contributed by atoms with van der Waals surface area (Å²) in [6, 6.07) is 0. The van der Waals surface area contributed by atoms with Crippen LogP contribution in [0.15, 0.2) is 17.3 Å². The van der Waals surface area contributed by atoms with Crippen molar-refractivity contribution in [2.45, 2.75) is 13.3 Å². The fourth-order valence-corrected chi connectivity index (χ4v) is 0.327. The van der Waals surface area contributed by atoms with Gasteiger partial charge < -0.3 is 11.1 Å².